The second kappa shape index (κ2) is 6.15. The lowest BCUT2D eigenvalue weighted by atomic mass is 10.1. The van der Waals surface area contributed by atoms with E-state index >= 15 is 0 Å². The Morgan fingerprint density at radius 1 is 1.18 bits per heavy atom. The van der Waals surface area contributed by atoms with Gasteiger partial charge in [0.2, 0.25) is 0 Å². The highest BCUT2D eigenvalue weighted by Crippen LogP contribution is 2.26. The van der Waals surface area contributed by atoms with Gasteiger partial charge in [0.25, 0.3) is 5.88 Å². The highest BCUT2D eigenvalue weighted by Gasteiger charge is 2.30. The third kappa shape index (κ3) is 2.80. The maximum absolute atomic E-state index is 5.93. The average Bonchev–Trinajstić information content (AvgIpc) is 2.51. The van der Waals surface area contributed by atoms with Gasteiger partial charge < -0.3 is 9.64 Å². The van der Waals surface area contributed by atoms with Crippen molar-refractivity contribution in [2.45, 2.75) is 6.10 Å². The molecule has 5 nitrogen and oxygen atoms in total. The molecule has 1 fully saturated rings. The van der Waals surface area contributed by atoms with E-state index in [1.807, 2.05) is 12.1 Å². The monoisotopic (exact) mass is 314 g/mol. The first-order valence-electron chi connectivity index (χ1n) is 6.85. The SMILES string of the molecule is C=Cc1ccc(N2CC(Oc3nccnc3Cl)C2)nc1C=C. The van der Waals surface area contributed by atoms with Crippen LogP contribution in [0, 0.1) is 0 Å². The second-order valence-corrected chi connectivity index (χ2v) is 5.21. The van der Waals surface area contributed by atoms with Crippen LogP contribution in [0.1, 0.15) is 11.3 Å². The quantitative estimate of drug-likeness (QED) is 0.849. The molecule has 0 bridgehead atoms. The van der Waals surface area contributed by atoms with E-state index in [1.54, 1.807) is 18.3 Å². The van der Waals surface area contributed by atoms with Crippen molar-refractivity contribution in [3.05, 3.63) is 54.1 Å². The van der Waals surface area contributed by atoms with Gasteiger partial charge in [-0.1, -0.05) is 30.8 Å². The van der Waals surface area contributed by atoms with Gasteiger partial charge in [0.1, 0.15) is 11.9 Å². The molecular weight excluding hydrogens is 300 g/mol. The summed E-state index contributed by atoms with van der Waals surface area (Å²) in [6.45, 7) is 9.00. The molecule has 0 unspecified atom stereocenters. The minimum atomic E-state index is 0.0299. The van der Waals surface area contributed by atoms with Crippen LogP contribution in [0.4, 0.5) is 5.82 Å². The fourth-order valence-electron chi connectivity index (χ4n) is 2.23. The predicted octanol–water partition coefficient (Wildman–Crippen LogP) is 3.08. The lowest BCUT2D eigenvalue weighted by Crippen LogP contribution is -2.54. The van der Waals surface area contributed by atoms with Crippen molar-refractivity contribution in [2.75, 3.05) is 18.0 Å². The van der Waals surface area contributed by atoms with Gasteiger partial charge in [-0.05, 0) is 23.8 Å². The molecule has 2 aromatic rings. The van der Waals surface area contributed by atoms with Crippen molar-refractivity contribution in [1.82, 2.24) is 15.0 Å². The summed E-state index contributed by atoms with van der Waals surface area (Å²) < 4.78 is 5.72. The third-order valence-electron chi connectivity index (χ3n) is 3.43. The molecule has 0 radical (unpaired) electrons. The van der Waals surface area contributed by atoms with E-state index < -0.39 is 0 Å². The minimum Gasteiger partial charge on any atom is -0.468 e. The van der Waals surface area contributed by atoms with Gasteiger partial charge in [0, 0.05) is 12.4 Å². The first kappa shape index (κ1) is 14.5. The molecule has 0 spiro atoms. The molecule has 0 N–H and O–H groups in total. The summed E-state index contributed by atoms with van der Waals surface area (Å²) in [6.07, 6.45) is 6.62. The van der Waals surface area contributed by atoms with Crippen LogP contribution in [0.5, 0.6) is 5.88 Å². The largest absolute Gasteiger partial charge is 0.468 e. The van der Waals surface area contributed by atoms with Crippen molar-refractivity contribution >= 4 is 29.6 Å². The zero-order chi connectivity index (χ0) is 15.5. The smallest absolute Gasteiger partial charge is 0.252 e. The van der Waals surface area contributed by atoms with E-state index in [2.05, 4.69) is 33.0 Å². The fourth-order valence-corrected chi connectivity index (χ4v) is 2.38. The lowest BCUT2D eigenvalue weighted by molar-refractivity contribution is 0.159. The molecule has 0 amide bonds. The van der Waals surface area contributed by atoms with Crippen LogP contribution in [-0.2, 0) is 0 Å². The van der Waals surface area contributed by atoms with Crippen LogP contribution in [0.25, 0.3) is 12.2 Å². The number of aromatic nitrogens is 3. The van der Waals surface area contributed by atoms with Gasteiger partial charge in [0.15, 0.2) is 5.15 Å². The zero-order valence-corrected chi connectivity index (χ0v) is 12.7. The van der Waals surface area contributed by atoms with Crippen LogP contribution in [0.2, 0.25) is 5.15 Å². The highest BCUT2D eigenvalue weighted by molar-refractivity contribution is 6.30. The first-order valence-corrected chi connectivity index (χ1v) is 7.23. The minimum absolute atomic E-state index is 0.0299. The normalized spacial score (nSPS) is 14.3. The van der Waals surface area contributed by atoms with E-state index in [-0.39, 0.29) is 11.3 Å². The Hall–Kier alpha value is -2.40. The predicted molar refractivity (Wildman–Crippen MR) is 88.1 cm³/mol. The molecule has 0 atom stereocenters. The molecule has 1 aliphatic rings. The number of rotatable bonds is 5. The van der Waals surface area contributed by atoms with Crippen LogP contribution < -0.4 is 9.64 Å². The number of hydrogen-bond acceptors (Lipinski definition) is 5. The van der Waals surface area contributed by atoms with E-state index in [4.69, 9.17) is 16.3 Å². The Bertz CT molecular complexity index is 713. The van der Waals surface area contributed by atoms with E-state index in [0.717, 1.165) is 30.2 Å². The van der Waals surface area contributed by atoms with Crippen molar-refractivity contribution in [3.63, 3.8) is 0 Å². The lowest BCUT2D eigenvalue weighted by Gasteiger charge is -2.39. The highest BCUT2D eigenvalue weighted by atomic mass is 35.5. The fraction of sp³-hybridized carbons (Fsp3) is 0.188. The van der Waals surface area contributed by atoms with Crippen molar-refractivity contribution in [2.24, 2.45) is 0 Å². The number of halogens is 1. The summed E-state index contributed by atoms with van der Waals surface area (Å²) in [5, 5.41) is 0.281. The topological polar surface area (TPSA) is 51.1 Å². The zero-order valence-electron chi connectivity index (χ0n) is 11.9. The first-order chi connectivity index (χ1) is 10.7. The molecule has 6 heteroatoms. The van der Waals surface area contributed by atoms with Gasteiger partial charge in [-0.25, -0.2) is 15.0 Å². The molecular formula is C16H15ClN4O. The number of anilines is 1. The van der Waals surface area contributed by atoms with Gasteiger partial charge in [-0.15, -0.1) is 0 Å². The number of ether oxygens (including phenoxy) is 1. The van der Waals surface area contributed by atoms with Crippen LogP contribution >= 0.6 is 11.6 Å². The Labute approximate surface area is 133 Å². The molecule has 112 valence electrons. The van der Waals surface area contributed by atoms with E-state index in [0.29, 0.717) is 5.88 Å². The standard InChI is InChI=1S/C16H15ClN4O/c1-3-11-5-6-14(20-13(11)4-2)21-9-12(10-21)22-16-15(17)18-7-8-19-16/h3-8,12H,1-2,9-10H2. The van der Waals surface area contributed by atoms with Crippen molar-refractivity contribution in [3.8, 4) is 5.88 Å². The Kier molecular flexibility index (Phi) is 4.06. The second-order valence-electron chi connectivity index (χ2n) is 4.85. The number of nitrogens with zero attached hydrogens (tertiary/aromatic N) is 4. The van der Waals surface area contributed by atoms with Crippen LogP contribution in [0.15, 0.2) is 37.7 Å². The van der Waals surface area contributed by atoms with E-state index in [9.17, 15) is 0 Å². The summed E-state index contributed by atoms with van der Waals surface area (Å²) in [4.78, 5) is 14.7. The Morgan fingerprint density at radius 3 is 2.64 bits per heavy atom. The van der Waals surface area contributed by atoms with Gasteiger partial charge in [-0.3, -0.25) is 0 Å². The molecule has 3 heterocycles. The summed E-state index contributed by atoms with van der Waals surface area (Å²) in [6, 6.07) is 3.95. The summed E-state index contributed by atoms with van der Waals surface area (Å²) in [5.74, 6) is 1.26. The van der Waals surface area contributed by atoms with E-state index in [1.165, 1.54) is 6.20 Å². The number of hydrogen-bond donors (Lipinski definition) is 0. The molecule has 0 aromatic carbocycles. The third-order valence-corrected chi connectivity index (χ3v) is 3.69. The van der Waals surface area contributed by atoms with Gasteiger partial charge in [0.05, 0.1) is 18.8 Å². The average molecular weight is 315 g/mol. The molecule has 1 saturated heterocycles. The van der Waals surface area contributed by atoms with Crippen molar-refractivity contribution < 1.29 is 4.74 Å². The van der Waals surface area contributed by atoms with Crippen molar-refractivity contribution in [1.29, 1.82) is 0 Å². The molecule has 22 heavy (non-hydrogen) atoms. The molecule has 1 aliphatic heterocycles. The summed E-state index contributed by atoms with van der Waals surface area (Å²) in [7, 11) is 0. The van der Waals surface area contributed by atoms with Crippen LogP contribution in [0.3, 0.4) is 0 Å². The number of pyridine rings is 1. The molecule has 0 saturated carbocycles. The maximum atomic E-state index is 5.93. The molecule has 3 rings (SSSR count). The Morgan fingerprint density at radius 2 is 1.95 bits per heavy atom. The summed E-state index contributed by atoms with van der Waals surface area (Å²) >= 11 is 5.93. The summed E-state index contributed by atoms with van der Waals surface area (Å²) in [5.41, 5.74) is 1.80. The maximum Gasteiger partial charge on any atom is 0.252 e. The Balaban J connectivity index is 1.65. The van der Waals surface area contributed by atoms with Crippen LogP contribution in [-0.4, -0.2) is 34.1 Å². The molecule has 0 aliphatic carbocycles. The van der Waals surface area contributed by atoms with Gasteiger partial charge >= 0.3 is 0 Å². The molecule has 2 aromatic heterocycles. The van der Waals surface area contributed by atoms with Gasteiger partial charge in [-0.2, -0.15) is 0 Å².